The van der Waals surface area contributed by atoms with Crippen LogP contribution in [-0.2, 0) is 19.1 Å². The van der Waals surface area contributed by atoms with Gasteiger partial charge in [0.05, 0.1) is 37.9 Å². The lowest BCUT2D eigenvalue weighted by Crippen LogP contribution is -2.56. The Morgan fingerprint density at radius 3 is 1.27 bits per heavy atom. The van der Waals surface area contributed by atoms with Crippen molar-refractivity contribution in [2.24, 2.45) is 11.8 Å². The van der Waals surface area contributed by atoms with Gasteiger partial charge in [-0.25, -0.2) is 0 Å². The first-order valence-electron chi connectivity index (χ1n) is 15.0. The number of hydrogen-bond acceptors (Lipinski definition) is 6. The SMILES string of the molecule is CCCCCC(C)C(=O)OC1C(c2ccc(OC)cc2)C(OC(=O)C(C)CCCCC)C1c1ccc(OC)cc1. The molecule has 2 aromatic carbocycles. The minimum absolute atomic E-state index is 0.195. The van der Waals surface area contributed by atoms with Crippen LogP contribution in [0.1, 0.15) is 102 Å². The largest absolute Gasteiger partial charge is 0.497 e. The second kappa shape index (κ2) is 15.7. The highest BCUT2D eigenvalue weighted by Crippen LogP contribution is 2.52. The number of hydrogen-bond donors (Lipinski definition) is 0. The van der Waals surface area contributed by atoms with Crippen molar-refractivity contribution in [2.75, 3.05) is 14.2 Å². The highest BCUT2D eigenvalue weighted by molar-refractivity contribution is 5.74. The van der Waals surface area contributed by atoms with Crippen LogP contribution in [0.3, 0.4) is 0 Å². The molecule has 0 saturated heterocycles. The van der Waals surface area contributed by atoms with Crippen LogP contribution in [0.4, 0.5) is 0 Å². The van der Waals surface area contributed by atoms with Gasteiger partial charge in [0.2, 0.25) is 0 Å². The molecule has 0 spiro atoms. The maximum Gasteiger partial charge on any atom is 0.308 e. The Labute approximate surface area is 240 Å². The third kappa shape index (κ3) is 8.02. The second-order valence-corrected chi connectivity index (χ2v) is 11.2. The molecule has 6 heteroatoms. The highest BCUT2D eigenvalue weighted by atomic mass is 16.6. The summed E-state index contributed by atoms with van der Waals surface area (Å²) in [6.45, 7) is 8.19. The molecule has 2 atom stereocenters. The van der Waals surface area contributed by atoms with Crippen molar-refractivity contribution >= 4 is 11.9 Å². The van der Waals surface area contributed by atoms with Crippen molar-refractivity contribution in [3.8, 4) is 11.5 Å². The molecule has 1 aliphatic carbocycles. The van der Waals surface area contributed by atoms with E-state index < -0.39 is 12.2 Å². The molecule has 220 valence electrons. The normalized spacial score (nSPS) is 21.6. The molecule has 0 heterocycles. The molecule has 1 aliphatic rings. The second-order valence-electron chi connectivity index (χ2n) is 11.2. The third-order valence-corrected chi connectivity index (χ3v) is 8.21. The summed E-state index contributed by atoms with van der Waals surface area (Å²) in [4.78, 5) is 26.6. The number of carbonyl (C=O) groups is 2. The van der Waals surface area contributed by atoms with Crippen molar-refractivity contribution in [3.05, 3.63) is 59.7 Å². The van der Waals surface area contributed by atoms with Crippen molar-refractivity contribution < 1.29 is 28.5 Å². The Hall–Kier alpha value is -3.02. The molecule has 0 N–H and O–H groups in total. The summed E-state index contributed by atoms with van der Waals surface area (Å²) < 4.78 is 23.3. The Kier molecular flexibility index (Phi) is 12.4. The summed E-state index contributed by atoms with van der Waals surface area (Å²) >= 11 is 0. The summed E-state index contributed by atoms with van der Waals surface area (Å²) in [5, 5.41) is 0. The number of benzene rings is 2. The van der Waals surface area contributed by atoms with E-state index in [-0.39, 0.29) is 35.6 Å². The van der Waals surface area contributed by atoms with Crippen LogP contribution in [0.15, 0.2) is 48.5 Å². The summed E-state index contributed by atoms with van der Waals surface area (Å²) in [5.74, 6) is 0.135. The number of carbonyl (C=O) groups excluding carboxylic acids is 2. The average Bonchev–Trinajstić information content (AvgIpc) is 2.97. The molecular weight excluding hydrogens is 504 g/mol. The fourth-order valence-corrected chi connectivity index (χ4v) is 5.52. The number of esters is 2. The van der Waals surface area contributed by atoms with E-state index in [1.807, 2.05) is 62.4 Å². The molecule has 2 aromatic rings. The lowest BCUT2D eigenvalue weighted by atomic mass is 9.63. The molecule has 0 amide bonds. The van der Waals surface area contributed by atoms with Crippen LogP contribution in [0, 0.1) is 11.8 Å². The van der Waals surface area contributed by atoms with Crippen LogP contribution >= 0.6 is 0 Å². The van der Waals surface area contributed by atoms with E-state index in [9.17, 15) is 9.59 Å². The monoisotopic (exact) mass is 552 g/mol. The predicted octanol–water partition coefficient (Wildman–Crippen LogP) is 7.84. The van der Waals surface area contributed by atoms with Gasteiger partial charge in [0.1, 0.15) is 23.7 Å². The van der Waals surface area contributed by atoms with E-state index in [1.165, 1.54) is 0 Å². The van der Waals surface area contributed by atoms with Crippen LogP contribution in [0.5, 0.6) is 11.5 Å². The molecule has 6 nitrogen and oxygen atoms in total. The van der Waals surface area contributed by atoms with Crippen molar-refractivity contribution in [1.82, 2.24) is 0 Å². The Morgan fingerprint density at radius 2 is 0.975 bits per heavy atom. The third-order valence-electron chi connectivity index (χ3n) is 8.21. The summed E-state index contributed by atoms with van der Waals surface area (Å²) in [5.41, 5.74) is 1.91. The smallest absolute Gasteiger partial charge is 0.308 e. The van der Waals surface area contributed by atoms with E-state index in [2.05, 4.69) is 13.8 Å². The van der Waals surface area contributed by atoms with E-state index in [1.54, 1.807) is 14.2 Å². The lowest BCUT2D eigenvalue weighted by Gasteiger charge is -2.50. The fraction of sp³-hybridized carbons (Fsp3) is 0.588. The Balaban J connectivity index is 1.93. The first-order chi connectivity index (χ1) is 19.3. The van der Waals surface area contributed by atoms with Gasteiger partial charge in [0.15, 0.2) is 0 Å². The van der Waals surface area contributed by atoms with Crippen molar-refractivity contribution in [3.63, 3.8) is 0 Å². The highest BCUT2D eigenvalue weighted by Gasteiger charge is 2.57. The molecule has 0 bridgehead atoms. The number of ether oxygens (including phenoxy) is 4. The first-order valence-corrected chi connectivity index (χ1v) is 15.0. The van der Waals surface area contributed by atoms with Crippen molar-refractivity contribution in [2.45, 2.75) is 103 Å². The van der Waals surface area contributed by atoms with Crippen LogP contribution in [0.25, 0.3) is 0 Å². The zero-order valence-corrected chi connectivity index (χ0v) is 25.2. The predicted molar refractivity (Wildman–Crippen MR) is 158 cm³/mol. The lowest BCUT2D eigenvalue weighted by molar-refractivity contribution is -0.187. The molecule has 40 heavy (non-hydrogen) atoms. The van der Waals surface area contributed by atoms with E-state index in [0.717, 1.165) is 74.0 Å². The zero-order chi connectivity index (χ0) is 29.1. The molecule has 1 saturated carbocycles. The minimum Gasteiger partial charge on any atom is -0.497 e. The zero-order valence-electron chi connectivity index (χ0n) is 25.2. The van der Waals surface area contributed by atoms with Gasteiger partial charge in [-0.1, -0.05) is 90.5 Å². The Morgan fingerprint density at radius 1 is 0.625 bits per heavy atom. The summed E-state index contributed by atoms with van der Waals surface area (Å²) in [6.07, 6.45) is 7.07. The number of rotatable bonds is 16. The summed E-state index contributed by atoms with van der Waals surface area (Å²) in [6, 6.07) is 15.5. The summed E-state index contributed by atoms with van der Waals surface area (Å²) in [7, 11) is 3.26. The van der Waals surface area contributed by atoms with Gasteiger partial charge in [0, 0.05) is 0 Å². The molecule has 0 radical (unpaired) electrons. The van der Waals surface area contributed by atoms with Gasteiger partial charge in [-0.05, 0) is 48.2 Å². The minimum atomic E-state index is -0.462. The molecule has 1 fully saturated rings. The number of unbranched alkanes of at least 4 members (excludes halogenated alkanes) is 4. The standard InChI is InChI=1S/C34H48O6/c1-7-9-11-13-23(3)33(35)39-31-29(25-15-19-27(37-5)20-16-25)32(40-34(36)24(4)14-12-10-8-2)30(31)26-17-21-28(38-6)22-18-26/h15-24,29-32H,7-14H2,1-6H3. The van der Waals surface area contributed by atoms with Gasteiger partial charge in [-0.15, -0.1) is 0 Å². The van der Waals surface area contributed by atoms with Crippen LogP contribution in [-0.4, -0.2) is 38.4 Å². The van der Waals surface area contributed by atoms with Gasteiger partial charge >= 0.3 is 11.9 Å². The topological polar surface area (TPSA) is 71.1 Å². The van der Waals surface area contributed by atoms with E-state index >= 15 is 0 Å². The molecule has 2 unspecified atom stereocenters. The van der Waals surface area contributed by atoms with Gasteiger partial charge < -0.3 is 18.9 Å². The Bertz CT molecular complexity index is 954. The maximum absolute atomic E-state index is 13.3. The van der Waals surface area contributed by atoms with Gasteiger partial charge in [0.25, 0.3) is 0 Å². The molecule has 0 aromatic heterocycles. The van der Waals surface area contributed by atoms with Crippen LogP contribution in [0.2, 0.25) is 0 Å². The van der Waals surface area contributed by atoms with Gasteiger partial charge in [-0.2, -0.15) is 0 Å². The van der Waals surface area contributed by atoms with E-state index in [4.69, 9.17) is 18.9 Å². The van der Waals surface area contributed by atoms with E-state index in [0.29, 0.717) is 0 Å². The molecule has 0 aliphatic heterocycles. The van der Waals surface area contributed by atoms with Crippen LogP contribution < -0.4 is 9.47 Å². The van der Waals surface area contributed by atoms with Gasteiger partial charge in [-0.3, -0.25) is 9.59 Å². The average molecular weight is 553 g/mol. The van der Waals surface area contributed by atoms with Crippen molar-refractivity contribution in [1.29, 1.82) is 0 Å². The first kappa shape index (κ1) is 31.5. The fourth-order valence-electron chi connectivity index (χ4n) is 5.52. The maximum atomic E-state index is 13.3. The molecular formula is C34H48O6. The quantitative estimate of drug-likeness (QED) is 0.156. The number of methoxy groups -OCH3 is 2. The molecule has 3 rings (SSSR count).